The second kappa shape index (κ2) is 5.67. The molecule has 0 heterocycles. The lowest BCUT2D eigenvalue weighted by atomic mass is 10.1. The molecule has 0 bridgehead atoms. The van der Waals surface area contributed by atoms with Gasteiger partial charge in [0, 0.05) is 0 Å². The molecule has 17 heavy (non-hydrogen) atoms. The van der Waals surface area contributed by atoms with Gasteiger partial charge in [-0.25, -0.2) is 0 Å². The number of terminal acetylenes is 1. The van der Waals surface area contributed by atoms with E-state index in [9.17, 15) is 30.9 Å². The van der Waals surface area contributed by atoms with E-state index in [4.69, 9.17) is 10.00 Å². The zero-order valence-corrected chi connectivity index (χ0v) is 9.76. The highest BCUT2D eigenvalue weighted by atomic mass is 35.9. The first-order valence-electron chi connectivity index (χ1n) is 3.12. The van der Waals surface area contributed by atoms with Gasteiger partial charge in [-0.15, -0.1) is 6.42 Å². The van der Waals surface area contributed by atoms with Crippen LogP contribution < -0.4 is 0 Å². The Morgan fingerprint density at radius 3 is 1.41 bits per heavy atom. The molecule has 0 aromatic heterocycles. The normalized spacial score (nSPS) is 16.3. The summed E-state index contributed by atoms with van der Waals surface area (Å²) in [7, 11) is 0. The molecule has 1 unspecified atom stereocenters. The van der Waals surface area contributed by atoms with Crippen molar-refractivity contribution in [1.82, 2.24) is 0 Å². The van der Waals surface area contributed by atoms with Crippen molar-refractivity contribution in [2.75, 3.05) is 0 Å². The average Bonchev–Trinajstić information content (AvgIpc) is 1.98. The maximum Gasteiger partial charge on any atom is 0.455 e. The van der Waals surface area contributed by atoms with E-state index in [0.29, 0.717) is 0 Å². The highest BCUT2D eigenvalue weighted by Gasteiger charge is 2.70. The molecule has 2 N–H and O–H groups in total. The standard InChI is InChI=1S/C5H2F6O.Cl2HO2P/c1-2-3(6,7)4(8,12)5(9,10)11;1-5(2,3)4/h1,12H;(H,3,4). The van der Waals surface area contributed by atoms with Gasteiger partial charge in [0.05, 0.1) is 0 Å². The van der Waals surface area contributed by atoms with Crippen molar-refractivity contribution < 1.29 is 40.9 Å². The van der Waals surface area contributed by atoms with E-state index in [1.807, 2.05) is 0 Å². The smallest absolute Gasteiger partial charge is 0.349 e. The second-order valence-electron chi connectivity index (χ2n) is 2.27. The number of halogens is 8. The third kappa shape index (κ3) is 7.01. The molecule has 102 valence electrons. The molecule has 0 aliphatic rings. The highest BCUT2D eigenvalue weighted by Crippen LogP contribution is 2.51. The van der Waals surface area contributed by atoms with Crippen LogP contribution in [0.5, 0.6) is 0 Å². The van der Waals surface area contributed by atoms with Gasteiger partial charge in [-0.2, -0.15) is 26.3 Å². The van der Waals surface area contributed by atoms with Crippen LogP contribution in [0, 0.1) is 12.3 Å². The van der Waals surface area contributed by atoms with Crippen molar-refractivity contribution in [1.29, 1.82) is 0 Å². The van der Waals surface area contributed by atoms with E-state index in [2.05, 4.69) is 28.9 Å². The lowest BCUT2D eigenvalue weighted by Gasteiger charge is -2.26. The molecule has 0 saturated carbocycles. The Kier molecular flexibility index (Phi) is 6.41. The largest absolute Gasteiger partial charge is 0.455 e. The Bertz CT molecular complexity index is 334. The third-order valence-corrected chi connectivity index (χ3v) is 0.973. The molecule has 3 nitrogen and oxygen atoms in total. The van der Waals surface area contributed by atoms with Crippen molar-refractivity contribution in [3.63, 3.8) is 0 Å². The summed E-state index contributed by atoms with van der Waals surface area (Å²) in [5, 5.41) is 7.69. The van der Waals surface area contributed by atoms with Gasteiger partial charge in [0.1, 0.15) is 0 Å². The topological polar surface area (TPSA) is 57.5 Å². The van der Waals surface area contributed by atoms with Crippen LogP contribution in [0.4, 0.5) is 26.3 Å². The molecule has 0 amide bonds. The summed E-state index contributed by atoms with van der Waals surface area (Å²) < 4.78 is 78.9. The van der Waals surface area contributed by atoms with Gasteiger partial charge in [0.15, 0.2) is 0 Å². The SMILES string of the molecule is C#CC(F)(F)C(O)(F)C(F)(F)F.O=P(O)(Cl)Cl. The minimum atomic E-state index is -6.12. The Morgan fingerprint density at radius 1 is 1.12 bits per heavy atom. The molecule has 0 saturated heterocycles. The van der Waals surface area contributed by atoms with Gasteiger partial charge in [0.25, 0.3) is 0 Å². The fourth-order valence-corrected chi connectivity index (χ4v) is 0.274. The van der Waals surface area contributed by atoms with Crippen LogP contribution in [-0.2, 0) is 4.57 Å². The predicted octanol–water partition coefficient (Wildman–Crippen LogP) is 3.04. The summed E-state index contributed by atoms with van der Waals surface area (Å²) in [5.41, 5.74) is 0. The summed E-state index contributed by atoms with van der Waals surface area (Å²) in [6.07, 6.45) is -5.93. The Balaban J connectivity index is 0. The van der Waals surface area contributed by atoms with Crippen molar-refractivity contribution in [2.24, 2.45) is 0 Å². The number of rotatable bonds is 1. The van der Waals surface area contributed by atoms with E-state index in [1.54, 1.807) is 0 Å². The predicted molar refractivity (Wildman–Crippen MR) is 47.4 cm³/mol. The molecular formula is C5H3Cl2F6O3P. The second-order valence-corrected chi connectivity index (χ2v) is 6.41. The van der Waals surface area contributed by atoms with Crippen LogP contribution in [-0.4, -0.2) is 28.0 Å². The monoisotopic (exact) mass is 326 g/mol. The maximum absolute atomic E-state index is 11.9. The van der Waals surface area contributed by atoms with Crippen molar-refractivity contribution in [2.45, 2.75) is 18.0 Å². The zero-order valence-electron chi connectivity index (χ0n) is 7.35. The van der Waals surface area contributed by atoms with Crippen LogP contribution in [0.1, 0.15) is 0 Å². The van der Waals surface area contributed by atoms with Crippen LogP contribution in [0.15, 0.2) is 0 Å². The number of aliphatic hydroxyl groups is 1. The lowest BCUT2D eigenvalue weighted by molar-refractivity contribution is -0.371. The van der Waals surface area contributed by atoms with Gasteiger partial charge in [0.2, 0.25) is 0 Å². The van der Waals surface area contributed by atoms with E-state index in [-0.39, 0.29) is 5.92 Å². The van der Waals surface area contributed by atoms with Gasteiger partial charge in [-0.05, 0) is 28.4 Å². The third-order valence-electron chi connectivity index (χ3n) is 0.973. The molecule has 0 aromatic carbocycles. The Hall–Kier alpha value is -0.130. The summed E-state index contributed by atoms with van der Waals surface area (Å²) in [6.45, 7) is 0. The van der Waals surface area contributed by atoms with Crippen LogP contribution in [0.25, 0.3) is 0 Å². The van der Waals surface area contributed by atoms with Gasteiger partial charge in [-0.1, -0.05) is 0 Å². The molecule has 0 aliphatic heterocycles. The van der Waals surface area contributed by atoms with Crippen LogP contribution in [0.2, 0.25) is 0 Å². The highest BCUT2D eigenvalue weighted by molar-refractivity contribution is 8.04. The van der Waals surface area contributed by atoms with Crippen LogP contribution in [0.3, 0.4) is 0 Å². The Morgan fingerprint density at radius 2 is 1.35 bits per heavy atom. The number of alkyl halides is 6. The van der Waals surface area contributed by atoms with E-state index in [1.165, 1.54) is 0 Å². The lowest BCUT2D eigenvalue weighted by Crippen LogP contribution is -2.54. The minimum Gasteiger partial charge on any atom is -0.349 e. The van der Waals surface area contributed by atoms with E-state index >= 15 is 0 Å². The maximum atomic E-state index is 11.9. The molecule has 12 heteroatoms. The Labute approximate surface area is 100 Å². The molecule has 1 atom stereocenters. The molecule has 0 aromatic rings. The molecule has 0 fully saturated rings. The first-order valence-corrected chi connectivity index (χ1v) is 6.59. The van der Waals surface area contributed by atoms with E-state index in [0.717, 1.165) is 0 Å². The van der Waals surface area contributed by atoms with Gasteiger partial charge < -0.3 is 10.00 Å². The summed E-state index contributed by atoms with van der Waals surface area (Å²) >= 11 is 8.81. The minimum absolute atomic E-state index is 0.210. The number of hydrogen-bond donors (Lipinski definition) is 2. The summed E-state index contributed by atoms with van der Waals surface area (Å²) in [5.74, 6) is -10.8. The molecule has 0 radical (unpaired) electrons. The molecule has 0 aliphatic carbocycles. The summed E-state index contributed by atoms with van der Waals surface area (Å²) in [4.78, 5) is 7.61. The van der Waals surface area contributed by atoms with E-state index < -0.39 is 24.0 Å². The molecular weight excluding hydrogens is 324 g/mol. The first kappa shape index (κ1) is 19.2. The average molecular weight is 327 g/mol. The summed E-state index contributed by atoms with van der Waals surface area (Å²) in [6, 6.07) is 0. The van der Waals surface area contributed by atoms with Crippen molar-refractivity contribution in [3.05, 3.63) is 0 Å². The van der Waals surface area contributed by atoms with Crippen molar-refractivity contribution in [3.8, 4) is 12.3 Å². The fourth-order valence-electron chi connectivity index (χ4n) is 0.274. The first-order chi connectivity index (χ1) is 7.06. The van der Waals surface area contributed by atoms with Gasteiger partial charge in [-0.3, -0.25) is 4.57 Å². The van der Waals surface area contributed by atoms with Gasteiger partial charge >= 0.3 is 24.0 Å². The number of hydrogen-bond acceptors (Lipinski definition) is 2. The quantitative estimate of drug-likeness (QED) is 0.442. The fraction of sp³-hybridized carbons (Fsp3) is 0.600. The zero-order chi connectivity index (χ0) is 14.7. The molecule has 0 spiro atoms. The molecule has 0 rings (SSSR count). The van der Waals surface area contributed by atoms with Crippen molar-refractivity contribution >= 4 is 28.6 Å². The van der Waals surface area contributed by atoms with Crippen LogP contribution >= 0.6 is 28.6 Å².